The lowest BCUT2D eigenvalue weighted by atomic mass is 10.00. The molecule has 0 amide bonds. The molecule has 0 saturated heterocycles. The van der Waals surface area contributed by atoms with Gasteiger partial charge in [-0.3, -0.25) is 4.79 Å². The molecule has 0 heterocycles. The Bertz CT molecular complexity index is 1060. The molecule has 158 valence electrons. The lowest BCUT2D eigenvalue weighted by Gasteiger charge is -2.20. The number of ether oxygens (including phenoxy) is 1. The van der Waals surface area contributed by atoms with Crippen LogP contribution in [0.2, 0.25) is 5.02 Å². The largest absolute Gasteiger partial charge is 0.545 e. The maximum absolute atomic E-state index is 12.7. The van der Waals surface area contributed by atoms with E-state index in [1.165, 1.54) is 12.1 Å². The van der Waals surface area contributed by atoms with E-state index in [9.17, 15) is 14.7 Å². The molecule has 0 fully saturated rings. The minimum Gasteiger partial charge on any atom is -0.545 e. The first-order valence-corrected chi connectivity index (χ1v) is 10.0. The van der Waals surface area contributed by atoms with Crippen molar-refractivity contribution in [2.24, 2.45) is 0 Å². The van der Waals surface area contributed by atoms with Gasteiger partial charge in [0.25, 0.3) is 0 Å². The van der Waals surface area contributed by atoms with E-state index >= 15 is 0 Å². The van der Waals surface area contributed by atoms with E-state index in [1.54, 1.807) is 43.5 Å². The number of carboxylic acid groups (broad SMARTS) is 1. The van der Waals surface area contributed by atoms with Crippen LogP contribution in [0.1, 0.15) is 33.9 Å². The average molecular weight is 435 g/mol. The number of hydrogen-bond donors (Lipinski definition) is 1. The van der Waals surface area contributed by atoms with Crippen molar-refractivity contribution < 1.29 is 19.4 Å². The van der Waals surface area contributed by atoms with Gasteiger partial charge in [0.15, 0.2) is 5.78 Å². The molecule has 5 nitrogen and oxygen atoms in total. The number of ketones is 1. The van der Waals surface area contributed by atoms with Gasteiger partial charge in [0.1, 0.15) is 5.75 Å². The second-order valence-electron chi connectivity index (χ2n) is 6.89. The van der Waals surface area contributed by atoms with Crippen LogP contribution < -0.4 is 15.2 Å². The summed E-state index contributed by atoms with van der Waals surface area (Å²) in [6.07, 6.45) is 3.51. The molecule has 0 spiro atoms. The number of carbonyl (C=O) groups is 2. The highest BCUT2D eigenvalue weighted by atomic mass is 35.5. The maximum Gasteiger partial charge on any atom is 0.158 e. The van der Waals surface area contributed by atoms with Crippen molar-refractivity contribution in [1.29, 1.82) is 0 Å². The van der Waals surface area contributed by atoms with Crippen LogP contribution in [0.15, 0.2) is 78.9 Å². The highest BCUT2D eigenvalue weighted by molar-refractivity contribution is 6.30. The summed E-state index contributed by atoms with van der Waals surface area (Å²) in [5.74, 6) is -0.547. The highest BCUT2D eigenvalue weighted by Gasteiger charge is 2.15. The van der Waals surface area contributed by atoms with E-state index < -0.39 is 5.97 Å². The molecule has 0 radical (unpaired) electrons. The van der Waals surface area contributed by atoms with Crippen LogP contribution in [0.4, 0.5) is 5.69 Å². The summed E-state index contributed by atoms with van der Waals surface area (Å²) < 4.78 is 5.14. The molecular formula is C25H21ClNO4-. The van der Waals surface area contributed by atoms with E-state index in [2.05, 4.69) is 5.32 Å². The summed E-state index contributed by atoms with van der Waals surface area (Å²) in [4.78, 5) is 23.6. The zero-order valence-corrected chi connectivity index (χ0v) is 17.6. The smallest absolute Gasteiger partial charge is 0.158 e. The molecule has 0 unspecified atom stereocenters. The van der Waals surface area contributed by atoms with Gasteiger partial charge < -0.3 is 20.0 Å². The highest BCUT2D eigenvalue weighted by Crippen LogP contribution is 2.25. The monoisotopic (exact) mass is 434 g/mol. The molecule has 1 N–H and O–H groups in total. The van der Waals surface area contributed by atoms with Crippen LogP contribution in [0, 0.1) is 0 Å². The molecule has 6 heteroatoms. The molecule has 0 aliphatic heterocycles. The molecular weight excluding hydrogens is 414 g/mol. The van der Waals surface area contributed by atoms with Crippen molar-refractivity contribution in [3.05, 3.63) is 101 Å². The van der Waals surface area contributed by atoms with Gasteiger partial charge in [-0.05, 0) is 59.2 Å². The van der Waals surface area contributed by atoms with Gasteiger partial charge in [-0.2, -0.15) is 0 Å². The first-order valence-electron chi connectivity index (χ1n) is 9.63. The van der Waals surface area contributed by atoms with Crippen molar-refractivity contribution >= 4 is 35.1 Å². The molecule has 3 rings (SSSR count). The van der Waals surface area contributed by atoms with E-state index in [0.29, 0.717) is 10.7 Å². The summed E-state index contributed by atoms with van der Waals surface area (Å²) in [7, 11) is 1.60. The number of anilines is 1. The third-order valence-corrected chi connectivity index (χ3v) is 4.97. The average Bonchev–Trinajstić information content (AvgIpc) is 2.78. The molecule has 3 aromatic rings. The van der Waals surface area contributed by atoms with Gasteiger partial charge in [0.05, 0.1) is 19.1 Å². The Morgan fingerprint density at radius 2 is 1.65 bits per heavy atom. The molecule has 3 aromatic carbocycles. The normalized spacial score (nSPS) is 11.8. The lowest BCUT2D eigenvalue weighted by Crippen LogP contribution is -2.22. The summed E-state index contributed by atoms with van der Waals surface area (Å²) in [5, 5.41) is 14.9. The van der Waals surface area contributed by atoms with Crippen LogP contribution in [0.25, 0.3) is 6.08 Å². The van der Waals surface area contributed by atoms with Gasteiger partial charge in [-0.1, -0.05) is 54.1 Å². The predicted octanol–water partition coefficient (Wildman–Crippen LogP) is 4.54. The van der Waals surface area contributed by atoms with Crippen molar-refractivity contribution in [2.75, 3.05) is 12.4 Å². The summed E-state index contributed by atoms with van der Waals surface area (Å²) in [6, 6.07) is 20.5. The molecule has 0 aromatic heterocycles. The Hall–Kier alpha value is -3.57. The number of carboxylic acids is 1. The number of aromatic carboxylic acids is 1. The SMILES string of the molecule is COc1ccc(/C=C/C(=O)C[C@H](Nc2ccc(C(=O)[O-])cc2)c2ccc(Cl)cc2)cc1. The first-order chi connectivity index (χ1) is 14.9. The first kappa shape index (κ1) is 22.1. The third-order valence-electron chi connectivity index (χ3n) is 4.72. The molecule has 0 saturated carbocycles. The van der Waals surface area contributed by atoms with Crippen molar-refractivity contribution in [2.45, 2.75) is 12.5 Å². The van der Waals surface area contributed by atoms with Gasteiger partial charge >= 0.3 is 0 Å². The zero-order chi connectivity index (χ0) is 22.2. The second kappa shape index (κ2) is 10.5. The fourth-order valence-electron chi connectivity index (χ4n) is 3.02. The van der Waals surface area contributed by atoms with Crippen LogP contribution in [0.5, 0.6) is 5.75 Å². The summed E-state index contributed by atoms with van der Waals surface area (Å²) >= 11 is 6.00. The lowest BCUT2D eigenvalue weighted by molar-refractivity contribution is -0.255. The van der Waals surface area contributed by atoms with Gasteiger partial charge in [-0.25, -0.2) is 0 Å². The van der Waals surface area contributed by atoms with E-state index in [0.717, 1.165) is 16.9 Å². The van der Waals surface area contributed by atoms with Crippen LogP contribution in [-0.2, 0) is 4.79 Å². The molecule has 31 heavy (non-hydrogen) atoms. The second-order valence-corrected chi connectivity index (χ2v) is 7.33. The van der Waals surface area contributed by atoms with E-state index in [4.69, 9.17) is 16.3 Å². The molecule has 0 aliphatic carbocycles. The Labute approximate surface area is 185 Å². The maximum atomic E-state index is 12.7. The van der Waals surface area contributed by atoms with Crippen LogP contribution >= 0.6 is 11.6 Å². The van der Waals surface area contributed by atoms with Crippen molar-refractivity contribution in [3.63, 3.8) is 0 Å². The Morgan fingerprint density at radius 3 is 2.23 bits per heavy atom. The predicted molar refractivity (Wildman–Crippen MR) is 120 cm³/mol. The summed E-state index contributed by atoms with van der Waals surface area (Å²) in [6.45, 7) is 0. The molecule has 0 aliphatic rings. The Morgan fingerprint density at radius 1 is 1.00 bits per heavy atom. The third kappa shape index (κ3) is 6.46. The van der Waals surface area contributed by atoms with Gasteiger partial charge in [0, 0.05) is 17.1 Å². The number of benzene rings is 3. The van der Waals surface area contributed by atoms with Gasteiger partial charge in [0.2, 0.25) is 0 Å². The number of hydrogen-bond acceptors (Lipinski definition) is 5. The minimum atomic E-state index is -1.24. The number of nitrogens with one attached hydrogen (secondary N) is 1. The van der Waals surface area contributed by atoms with Gasteiger partial charge in [-0.15, -0.1) is 0 Å². The number of allylic oxidation sites excluding steroid dienone is 1. The number of carbonyl (C=O) groups excluding carboxylic acids is 2. The number of rotatable bonds is 9. The van der Waals surface area contributed by atoms with Crippen LogP contribution in [0.3, 0.4) is 0 Å². The number of halogens is 1. The van der Waals surface area contributed by atoms with E-state index in [1.807, 2.05) is 36.4 Å². The minimum absolute atomic E-state index is 0.0605. The topological polar surface area (TPSA) is 78.5 Å². The molecule has 1 atom stereocenters. The quantitative estimate of drug-likeness (QED) is 0.500. The van der Waals surface area contributed by atoms with Crippen LogP contribution in [-0.4, -0.2) is 18.9 Å². The Kier molecular flexibility index (Phi) is 7.46. The fraction of sp³-hybridized carbons (Fsp3) is 0.120. The fourth-order valence-corrected chi connectivity index (χ4v) is 3.15. The zero-order valence-electron chi connectivity index (χ0n) is 16.9. The number of methoxy groups -OCH3 is 1. The summed E-state index contributed by atoms with van der Waals surface area (Å²) in [5.41, 5.74) is 2.56. The van der Waals surface area contributed by atoms with Crippen molar-refractivity contribution in [1.82, 2.24) is 0 Å². The standard InChI is InChI=1S/C25H22ClNO4/c1-31-23-14-3-17(4-15-23)2-13-22(28)16-24(18-5-9-20(26)10-6-18)27-21-11-7-19(8-12-21)25(29)30/h2-15,24,27H,16H2,1H3,(H,29,30)/p-1/b13-2+/t24-/m0/s1. The van der Waals surface area contributed by atoms with E-state index in [-0.39, 0.29) is 23.8 Å². The Balaban J connectivity index is 1.75. The van der Waals surface area contributed by atoms with Crippen molar-refractivity contribution in [3.8, 4) is 5.75 Å². The molecule has 0 bridgehead atoms.